The summed E-state index contributed by atoms with van der Waals surface area (Å²) in [6, 6.07) is 2.99. The maximum Gasteiger partial charge on any atom is 0.328 e. The molecule has 24 heavy (non-hydrogen) atoms. The lowest BCUT2D eigenvalue weighted by molar-refractivity contribution is -0.144. The molecule has 0 bridgehead atoms. The number of rotatable bonds is 7. The zero-order valence-electron chi connectivity index (χ0n) is 13.0. The van der Waals surface area contributed by atoms with Crippen LogP contribution in [0.15, 0.2) is 0 Å². The molecule has 0 spiro atoms. The molecule has 0 aliphatic rings. The molecule has 0 heterocycles. The summed E-state index contributed by atoms with van der Waals surface area (Å²) in [5.41, 5.74) is -0.00405. The Labute approximate surface area is 159 Å². The molecular formula is C15H14Cl3N3O2S. The Balaban J connectivity index is 3.36. The molecule has 1 N–H and O–H groups in total. The van der Waals surface area contributed by atoms with Crippen molar-refractivity contribution in [3.8, 4) is 12.1 Å². The van der Waals surface area contributed by atoms with E-state index in [0.29, 0.717) is 12.2 Å². The molecule has 0 fully saturated rings. The Kier molecular flexibility index (Phi) is 8.52. The number of halogens is 3. The molecule has 0 aliphatic heterocycles. The first-order chi connectivity index (χ1) is 11.4. The third kappa shape index (κ3) is 4.62. The number of esters is 1. The third-order valence-corrected chi connectivity index (χ3v) is 4.92. The summed E-state index contributed by atoms with van der Waals surface area (Å²) in [5, 5.41) is 21.2. The number of hydrogen-bond donors (Lipinski definition) is 1. The standard InChI is InChI=1S/C15H14Cl3N3O2S/c1-3-23-15(22)10(4-5-24-2)21-14-9(7-20)11(16)8(6-19)12(17)13(14)18/h10,21H,3-5H2,1-2H3/t10-/m1/s1. The van der Waals surface area contributed by atoms with Crippen LogP contribution in [0.4, 0.5) is 5.69 Å². The number of anilines is 1. The number of thioether (sulfide) groups is 1. The SMILES string of the molecule is CCOC(=O)[C@@H](CCSC)Nc1c(Cl)c(Cl)c(C#N)c(Cl)c1C#N. The highest BCUT2D eigenvalue weighted by Crippen LogP contribution is 2.41. The minimum Gasteiger partial charge on any atom is -0.464 e. The van der Waals surface area contributed by atoms with Gasteiger partial charge in [0.15, 0.2) is 0 Å². The lowest BCUT2D eigenvalue weighted by Crippen LogP contribution is -2.32. The van der Waals surface area contributed by atoms with E-state index in [0.717, 1.165) is 0 Å². The van der Waals surface area contributed by atoms with Crippen molar-refractivity contribution in [1.29, 1.82) is 10.5 Å². The molecule has 1 aromatic carbocycles. The van der Waals surface area contributed by atoms with Crippen molar-refractivity contribution in [2.24, 2.45) is 0 Å². The number of nitrogens with one attached hydrogen (secondary N) is 1. The third-order valence-electron chi connectivity index (χ3n) is 3.04. The van der Waals surface area contributed by atoms with Crippen LogP contribution < -0.4 is 5.32 Å². The Morgan fingerprint density at radius 1 is 1.21 bits per heavy atom. The molecule has 0 unspecified atom stereocenters. The monoisotopic (exact) mass is 405 g/mol. The number of nitrogens with zero attached hydrogens (tertiary/aromatic N) is 2. The average molecular weight is 407 g/mol. The second-order valence-electron chi connectivity index (χ2n) is 4.52. The molecule has 1 atom stereocenters. The van der Waals surface area contributed by atoms with E-state index in [1.807, 2.05) is 18.4 Å². The van der Waals surface area contributed by atoms with E-state index in [1.165, 1.54) is 0 Å². The normalized spacial score (nSPS) is 11.3. The van der Waals surface area contributed by atoms with Crippen molar-refractivity contribution >= 4 is 58.2 Å². The number of carbonyl (C=O) groups is 1. The van der Waals surface area contributed by atoms with Gasteiger partial charge in [-0.15, -0.1) is 0 Å². The molecule has 9 heteroatoms. The fraction of sp³-hybridized carbons (Fsp3) is 0.400. The molecule has 0 radical (unpaired) electrons. The van der Waals surface area contributed by atoms with Crippen molar-refractivity contribution < 1.29 is 9.53 Å². The summed E-state index contributed by atoms with van der Waals surface area (Å²) in [5.74, 6) is 0.219. The predicted octanol–water partition coefficient (Wildman–Crippen LogP) is 4.49. The maximum absolute atomic E-state index is 12.1. The van der Waals surface area contributed by atoms with Crippen molar-refractivity contribution in [2.45, 2.75) is 19.4 Å². The summed E-state index contributed by atoms with van der Waals surface area (Å²) < 4.78 is 5.04. The summed E-state index contributed by atoms with van der Waals surface area (Å²) in [6.07, 6.45) is 2.36. The van der Waals surface area contributed by atoms with Gasteiger partial charge < -0.3 is 10.1 Å². The van der Waals surface area contributed by atoms with Crippen LogP contribution in [0.3, 0.4) is 0 Å². The van der Waals surface area contributed by atoms with Crippen LogP contribution in [0.1, 0.15) is 24.5 Å². The molecule has 1 rings (SSSR count). The highest BCUT2D eigenvalue weighted by molar-refractivity contribution is 7.98. The smallest absolute Gasteiger partial charge is 0.328 e. The van der Waals surface area contributed by atoms with Crippen LogP contribution in [0, 0.1) is 22.7 Å². The van der Waals surface area contributed by atoms with Crippen molar-refractivity contribution in [1.82, 2.24) is 0 Å². The van der Waals surface area contributed by atoms with Crippen molar-refractivity contribution in [3.63, 3.8) is 0 Å². The first-order valence-electron chi connectivity index (χ1n) is 6.85. The second-order valence-corrected chi connectivity index (χ2v) is 6.64. The molecule has 1 aromatic rings. The van der Waals surface area contributed by atoms with E-state index in [4.69, 9.17) is 44.8 Å². The Morgan fingerprint density at radius 2 is 1.83 bits per heavy atom. The lowest BCUT2D eigenvalue weighted by atomic mass is 10.1. The largest absolute Gasteiger partial charge is 0.464 e. The van der Waals surface area contributed by atoms with Crippen LogP contribution in [0.25, 0.3) is 0 Å². The van der Waals surface area contributed by atoms with Gasteiger partial charge in [0, 0.05) is 0 Å². The van der Waals surface area contributed by atoms with Gasteiger partial charge in [-0.1, -0.05) is 34.8 Å². The van der Waals surface area contributed by atoms with Crippen LogP contribution in [-0.2, 0) is 9.53 Å². The van der Waals surface area contributed by atoms with Gasteiger partial charge in [0.25, 0.3) is 0 Å². The zero-order valence-corrected chi connectivity index (χ0v) is 16.0. The summed E-state index contributed by atoms with van der Waals surface area (Å²) in [7, 11) is 0. The molecule has 0 saturated heterocycles. The van der Waals surface area contributed by atoms with Gasteiger partial charge in [0.05, 0.1) is 38.5 Å². The quantitative estimate of drug-likeness (QED) is 0.530. The number of nitriles is 2. The van der Waals surface area contributed by atoms with Gasteiger partial charge in [-0.25, -0.2) is 4.79 Å². The minimum atomic E-state index is -0.720. The molecule has 0 aromatic heterocycles. The van der Waals surface area contributed by atoms with Gasteiger partial charge in [-0.2, -0.15) is 22.3 Å². The Bertz CT molecular complexity index is 714. The molecule has 128 valence electrons. The molecule has 5 nitrogen and oxygen atoms in total. The Hall–Kier alpha value is -1.31. The first-order valence-corrected chi connectivity index (χ1v) is 9.38. The minimum absolute atomic E-state index is 0.0346. The number of benzene rings is 1. The van der Waals surface area contributed by atoms with Gasteiger partial charge in [-0.3, -0.25) is 0 Å². The molecule has 0 amide bonds. The molecule has 0 saturated carbocycles. The van der Waals surface area contributed by atoms with E-state index in [2.05, 4.69) is 5.32 Å². The first kappa shape index (κ1) is 20.7. The van der Waals surface area contributed by atoms with E-state index in [9.17, 15) is 10.1 Å². The van der Waals surface area contributed by atoms with Crippen LogP contribution in [0.5, 0.6) is 0 Å². The van der Waals surface area contributed by atoms with E-state index in [-0.39, 0.29) is 38.5 Å². The van der Waals surface area contributed by atoms with Gasteiger partial charge in [0.1, 0.15) is 18.2 Å². The van der Waals surface area contributed by atoms with E-state index < -0.39 is 12.0 Å². The van der Waals surface area contributed by atoms with Crippen LogP contribution in [0.2, 0.25) is 15.1 Å². The number of carbonyl (C=O) groups excluding carboxylic acids is 1. The van der Waals surface area contributed by atoms with Gasteiger partial charge in [0.2, 0.25) is 0 Å². The van der Waals surface area contributed by atoms with Crippen LogP contribution in [-0.4, -0.2) is 30.6 Å². The predicted molar refractivity (Wildman–Crippen MR) is 97.9 cm³/mol. The summed E-state index contributed by atoms with van der Waals surface area (Å²) in [4.78, 5) is 12.1. The maximum atomic E-state index is 12.1. The van der Waals surface area contributed by atoms with E-state index in [1.54, 1.807) is 18.7 Å². The zero-order chi connectivity index (χ0) is 18.3. The van der Waals surface area contributed by atoms with Crippen molar-refractivity contribution in [2.75, 3.05) is 23.9 Å². The van der Waals surface area contributed by atoms with Gasteiger partial charge >= 0.3 is 5.97 Å². The summed E-state index contributed by atoms with van der Waals surface area (Å²) in [6.45, 7) is 1.93. The number of ether oxygens (including phenoxy) is 1. The highest BCUT2D eigenvalue weighted by atomic mass is 35.5. The van der Waals surface area contributed by atoms with Gasteiger partial charge in [-0.05, 0) is 25.4 Å². The lowest BCUT2D eigenvalue weighted by Gasteiger charge is -2.21. The summed E-state index contributed by atoms with van der Waals surface area (Å²) >= 11 is 19.9. The number of hydrogen-bond acceptors (Lipinski definition) is 6. The Morgan fingerprint density at radius 3 is 2.33 bits per heavy atom. The van der Waals surface area contributed by atoms with Crippen LogP contribution >= 0.6 is 46.6 Å². The fourth-order valence-electron chi connectivity index (χ4n) is 1.90. The average Bonchev–Trinajstić information content (AvgIpc) is 2.56. The highest BCUT2D eigenvalue weighted by Gasteiger charge is 2.26. The topological polar surface area (TPSA) is 85.9 Å². The second kappa shape index (κ2) is 9.86. The van der Waals surface area contributed by atoms with E-state index >= 15 is 0 Å². The molecular weight excluding hydrogens is 393 g/mol. The fourth-order valence-corrected chi connectivity index (χ4v) is 3.17. The van der Waals surface area contributed by atoms with Crippen molar-refractivity contribution in [3.05, 3.63) is 26.2 Å². The molecule has 0 aliphatic carbocycles.